The van der Waals surface area contributed by atoms with Crippen LogP contribution in [-0.4, -0.2) is 99.4 Å². The zero-order valence-electron chi connectivity index (χ0n) is 46.8. The number of ketones is 1. The smallest absolute Gasteiger partial charge is 0.288 e. The predicted molar refractivity (Wildman–Crippen MR) is 301 cm³/mol. The van der Waals surface area contributed by atoms with Crippen LogP contribution in [0.3, 0.4) is 0 Å². The van der Waals surface area contributed by atoms with Gasteiger partial charge in [0, 0.05) is 29.0 Å². The predicted octanol–water partition coefficient (Wildman–Crippen LogP) is 9.82. The van der Waals surface area contributed by atoms with Gasteiger partial charge in [-0.05, 0) is 96.6 Å². The summed E-state index contributed by atoms with van der Waals surface area (Å²) in [4.78, 5) is 86.3. The van der Waals surface area contributed by atoms with Crippen molar-refractivity contribution >= 4 is 74.3 Å². The molecule has 2 heterocycles. The molecule has 6 atom stereocenters. The third-order valence-electron chi connectivity index (χ3n) is 17.2. The second kappa shape index (κ2) is 26.7. The number of primary amides is 1. The molecule has 0 aromatic heterocycles. The van der Waals surface area contributed by atoms with Crippen LogP contribution in [0.1, 0.15) is 121 Å². The number of fused-ring (bicyclic) bond motifs is 3. The molecule has 15 nitrogen and oxygen atoms in total. The highest BCUT2D eigenvalue weighted by atomic mass is 28.4. The van der Waals surface area contributed by atoms with Crippen molar-refractivity contribution in [1.82, 2.24) is 16.0 Å². The van der Waals surface area contributed by atoms with E-state index in [-0.39, 0.29) is 13.0 Å². The number of carbonyl (C=O) groups is 6. The van der Waals surface area contributed by atoms with Crippen molar-refractivity contribution in [2.24, 2.45) is 11.7 Å². The normalized spacial score (nSPS) is 21.2. The van der Waals surface area contributed by atoms with Crippen LogP contribution in [0.4, 0.5) is 5.69 Å². The van der Waals surface area contributed by atoms with E-state index in [0.717, 1.165) is 36.3 Å². The molecule has 2 aromatic carbocycles. The third kappa shape index (κ3) is 13.3. The highest BCUT2D eigenvalue weighted by Gasteiger charge is 2.62. The van der Waals surface area contributed by atoms with Gasteiger partial charge in [-0.25, -0.2) is 0 Å². The Balaban J connectivity index is 2.30. The lowest BCUT2D eigenvalue weighted by molar-refractivity contribution is -0.148. The maximum absolute atomic E-state index is 16.1. The summed E-state index contributed by atoms with van der Waals surface area (Å²) in [6, 6.07) is 16.6. The van der Waals surface area contributed by atoms with Gasteiger partial charge < -0.3 is 44.7 Å². The highest BCUT2D eigenvalue weighted by Crippen LogP contribution is 2.52. The van der Waals surface area contributed by atoms with E-state index in [2.05, 4.69) is 104 Å². The number of amides is 5. The lowest BCUT2D eigenvalue weighted by Gasteiger charge is -2.49. The minimum absolute atomic E-state index is 0.0580. The zero-order valence-corrected chi connectivity index (χ0v) is 50.8. The average Bonchev–Trinajstić information content (AvgIpc) is 3.69. The first-order chi connectivity index (χ1) is 34.7. The molecule has 408 valence electrons. The Kier molecular flexibility index (Phi) is 22.5. The average molecular weight is 1080 g/mol. The zero-order chi connectivity index (χ0) is 54.5. The van der Waals surface area contributed by atoms with Crippen LogP contribution in [-0.2, 0) is 54.1 Å². The van der Waals surface area contributed by atoms with E-state index in [1.165, 1.54) is 0 Å². The summed E-state index contributed by atoms with van der Waals surface area (Å²) in [5.41, 5.74) is 7.07. The molecule has 2 aromatic rings. The molecule has 0 saturated carbocycles. The minimum Gasteiger partial charge on any atom is -0.543 e. The number of Topliss-reactive ketones (excluding diaryl/α,β-unsaturated/α-hetero) is 1. The quantitative estimate of drug-likeness (QED) is 0.0422. The number of nitrogens with one attached hydrogen (secondary N) is 4. The maximum atomic E-state index is 16.1. The molecule has 1 unspecified atom stereocenters. The van der Waals surface area contributed by atoms with Crippen LogP contribution in [0.5, 0.6) is 5.75 Å². The Labute approximate surface area is 441 Å². The topological polar surface area (TPSA) is 213 Å². The molecule has 19 heteroatoms. The molecule has 2 aliphatic heterocycles. The fraction of sp³-hybridized carbons (Fsp3) is 0.667. The molecule has 0 radical (unpaired) electrons. The number of carbonyl (C=O) groups excluding carboxylic acids is 6. The summed E-state index contributed by atoms with van der Waals surface area (Å²) in [6.45, 7) is 28.9. The van der Waals surface area contributed by atoms with E-state index in [1.807, 2.05) is 36.4 Å². The van der Waals surface area contributed by atoms with Crippen molar-refractivity contribution in [2.75, 3.05) is 11.9 Å². The summed E-state index contributed by atoms with van der Waals surface area (Å²) in [6.07, 6.45) is -1.48. The molecule has 0 aliphatic carbocycles. The Hall–Kier alpha value is -3.99. The van der Waals surface area contributed by atoms with Crippen LogP contribution in [0.2, 0.25) is 72.5 Å². The van der Waals surface area contributed by atoms with E-state index in [9.17, 15) is 19.2 Å². The van der Waals surface area contributed by atoms with Gasteiger partial charge in [0.25, 0.3) is 20.1 Å². The Bertz CT molecular complexity index is 2220. The van der Waals surface area contributed by atoms with E-state index in [4.69, 9.17) is 23.4 Å². The Morgan fingerprint density at radius 3 is 1.79 bits per heavy atom. The number of para-hydroxylation sites is 1. The Morgan fingerprint density at radius 1 is 0.712 bits per heavy atom. The minimum atomic E-state index is -2.82. The van der Waals surface area contributed by atoms with Gasteiger partial charge in [0.05, 0.1) is 24.8 Å². The van der Waals surface area contributed by atoms with Gasteiger partial charge in [0.2, 0.25) is 23.5 Å². The van der Waals surface area contributed by atoms with Crippen molar-refractivity contribution < 1.29 is 46.5 Å². The van der Waals surface area contributed by atoms with Crippen LogP contribution in [0, 0.1) is 5.92 Å². The van der Waals surface area contributed by atoms with E-state index in [1.54, 1.807) is 13.8 Å². The molecule has 2 aliphatic rings. The van der Waals surface area contributed by atoms with Crippen molar-refractivity contribution in [3.63, 3.8) is 0 Å². The molecule has 0 spiro atoms. The monoisotopic (exact) mass is 1080 g/mol. The first-order valence-electron chi connectivity index (χ1n) is 27.7. The van der Waals surface area contributed by atoms with Crippen molar-refractivity contribution in [1.29, 1.82) is 0 Å². The molecule has 0 saturated heterocycles. The molecule has 4 rings (SSSR count). The number of nitrogens with two attached hydrogens (primary N) is 1. The van der Waals surface area contributed by atoms with Gasteiger partial charge in [0.15, 0.2) is 30.6 Å². The molecule has 5 amide bonds. The Morgan fingerprint density at radius 2 is 1.27 bits per heavy atom. The van der Waals surface area contributed by atoms with Gasteiger partial charge in [-0.1, -0.05) is 121 Å². The van der Waals surface area contributed by atoms with E-state index in [0.29, 0.717) is 76.4 Å². The molecule has 6 N–H and O–H groups in total. The summed E-state index contributed by atoms with van der Waals surface area (Å²) in [5.74, 6) is -4.48. The largest absolute Gasteiger partial charge is 0.543 e. The second-order valence-electron chi connectivity index (χ2n) is 20.5. The molecule has 0 fully saturated rings. The van der Waals surface area contributed by atoms with Gasteiger partial charge >= 0.3 is 0 Å². The lowest BCUT2D eigenvalue weighted by Crippen LogP contribution is -2.67. The molecular weight excluding hydrogens is 991 g/mol. The van der Waals surface area contributed by atoms with Gasteiger partial charge in [0.1, 0.15) is 23.9 Å². The SMILES string of the molecule is CCC(C)C(=O)C(=O)N[C@H]1Cc2ccc(O[Si](CC)(CC)CC)c(c2)-c2cccc3c2NC(=O)[C@@]3(O[Si](CC)(CC)CC)[C@H](O[Si](CC)(CC)CC)[C@@H](CO[Si](CC)(CC)CC)NC(=O)[C@H](CC(N)=O)NC1=O. The summed E-state index contributed by atoms with van der Waals surface area (Å²) in [5, 5.41) is 12.1. The van der Waals surface area contributed by atoms with Crippen molar-refractivity contribution in [2.45, 2.75) is 219 Å². The third-order valence-corrected chi connectivity index (χ3v) is 35.6. The number of anilines is 1. The van der Waals surface area contributed by atoms with Crippen LogP contribution >= 0.6 is 0 Å². The molecule has 73 heavy (non-hydrogen) atoms. The molecule has 6 bridgehead atoms. The first-order valence-corrected chi connectivity index (χ1v) is 37.8. The highest BCUT2D eigenvalue weighted by molar-refractivity contribution is 6.75. The summed E-state index contributed by atoms with van der Waals surface area (Å²) in [7, 11) is -10.4. The van der Waals surface area contributed by atoms with Crippen LogP contribution < -0.4 is 31.4 Å². The standard InChI is InChI=1S/C54H91N5O10Si4/c1-15-37(14)48(61)52(64)57-42-34-38-31-32-45(67-71(19-5,20-6)21-7)40(33-38)39-29-28-30-41-47(39)59-53(65)54(41,69-73(25-11,26-12)27-13)49(68-72(22-8,23-9)24-10)44(36-66-70(16-2,17-3)18-4)58-51(63)43(35-46(55)60)56-50(42)62/h28-33,37,42-44,49H,15-27,34-36H2,1-14H3,(H2,55,60)(H,56,62)(H,57,64)(H,58,63)(H,59,65)/t37?,42-,43-,44+,49+,54-/m0/s1. The van der Waals surface area contributed by atoms with Gasteiger partial charge in [-0.2, -0.15) is 0 Å². The lowest BCUT2D eigenvalue weighted by atomic mass is 9.84. The van der Waals surface area contributed by atoms with Crippen molar-refractivity contribution in [3.05, 3.63) is 47.5 Å². The number of benzene rings is 2. The summed E-state index contributed by atoms with van der Waals surface area (Å²) >= 11 is 0. The first kappa shape index (κ1) is 61.6. The van der Waals surface area contributed by atoms with Gasteiger partial charge in [-0.15, -0.1) is 0 Å². The van der Waals surface area contributed by atoms with Crippen LogP contribution in [0.25, 0.3) is 11.1 Å². The second-order valence-corrected chi connectivity index (χ2v) is 39.4. The number of hydrogen-bond acceptors (Lipinski definition) is 10. The van der Waals surface area contributed by atoms with Crippen LogP contribution in [0.15, 0.2) is 36.4 Å². The number of hydrogen-bond donors (Lipinski definition) is 5. The van der Waals surface area contributed by atoms with E-state index >= 15 is 9.59 Å². The maximum Gasteiger partial charge on any atom is 0.288 e. The molecular formula is C54H91N5O10Si4. The van der Waals surface area contributed by atoms with E-state index < -0.39 is 111 Å². The summed E-state index contributed by atoms with van der Waals surface area (Å²) < 4.78 is 30.0. The fourth-order valence-electron chi connectivity index (χ4n) is 10.8. The van der Waals surface area contributed by atoms with Crippen molar-refractivity contribution in [3.8, 4) is 16.9 Å². The number of rotatable bonds is 27. The van der Waals surface area contributed by atoms with Gasteiger partial charge in [-0.3, -0.25) is 28.8 Å². The fourth-order valence-corrected chi connectivity index (χ4v) is 21.8.